The van der Waals surface area contributed by atoms with E-state index in [1.165, 1.54) is 0 Å². The second-order valence-electron chi connectivity index (χ2n) is 4.05. The van der Waals surface area contributed by atoms with Crippen molar-refractivity contribution in [3.63, 3.8) is 0 Å². The maximum absolute atomic E-state index is 11.7. The third kappa shape index (κ3) is 1.89. The molecule has 0 aromatic carbocycles. The molecule has 0 aromatic rings. The molecule has 1 heterocycles. The van der Waals surface area contributed by atoms with Crippen LogP contribution in [0.25, 0.3) is 0 Å². The quantitative estimate of drug-likeness (QED) is 0.706. The van der Waals surface area contributed by atoms with Crippen LogP contribution in [-0.2, 0) is 4.79 Å². The highest BCUT2D eigenvalue weighted by molar-refractivity contribution is 6.06. The lowest BCUT2D eigenvalue weighted by molar-refractivity contribution is -0.124. The van der Waals surface area contributed by atoms with Crippen LogP contribution in [0.4, 0.5) is 0 Å². The minimum Gasteiger partial charge on any atom is -0.370 e. The minimum atomic E-state index is -0.598. The molecule has 0 bridgehead atoms. The molecule has 1 aliphatic heterocycles. The Bertz CT molecular complexity index is 262. The van der Waals surface area contributed by atoms with Gasteiger partial charge < -0.3 is 5.73 Å². The Morgan fingerprint density at radius 1 is 1.57 bits per heavy atom. The zero-order valence-electron chi connectivity index (χ0n) is 9.13. The van der Waals surface area contributed by atoms with Gasteiger partial charge in [0.25, 0.3) is 5.91 Å². The van der Waals surface area contributed by atoms with Crippen LogP contribution < -0.4 is 11.1 Å². The standard InChI is InChI=1S/C10H19N3O/c1-4-7(3)6-10(5-2)8(14)12-9(11)13-10/h7H,4-6H2,1-3H3,(H3,11,12,13,14). The van der Waals surface area contributed by atoms with Crippen LogP contribution in [0.3, 0.4) is 0 Å². The summed E-state index contributed by atoms with van der Waals surface area (Å²) in [7, 11) is 0. The Morgan fingerprint density at radius 2 is 2.21 bits per heavy atom. The fraction of sp³-hybridized carbons (Fsp3) is 0.800. The lowest BCUT2D eigenvalue weighted by Gasteiger charge is -2.24. The van der Waals surface area contributed by atoms with E-state index >= 15 is 0 Å². The molecule has 3 N–H and O–H groups in total. The van der Waals surface area contributed by atoms with Gasteiger partial charge in [0, 0.05) is 0 Å². The number of carbonyl (C=O) groups excluding carboxylic acids is 1. The maximum Gasteiger partial charge on any atom is 0.254 e. The van der Waals surface area contributed by atoms with E-state index in [-0.39, 0.29) is 11.9 Å². The summed E-state index contributed by atoms with van der Waals surface area (Å²) in [6.45, 7) is 6.23. The molecule has 80 valence electrons. The van der Waals surface area contributed by atoms with Crippen molar-refractivity contribution in [1.29, 1.82) is 0 Å². The average Bonchev–Trinajstić information content (AvgIpc) is 2.42. The van der Waals surface area contributed by atoms with Crippen LogP contribution >= 0.6 is 0 Å². The van der Waals surface area contributed by atoms with Crippen LogP contribution in [0, 0.1) is 5.92 Å². The van der Waals surface area contributed by atoms with Gasteiger partial charge in [0.1, 0.15) is 5.54 Å². The predicted octanol–water partition coefficient (Wildman–Crippen LogP) is 1.02. The summed E-state index contributed by atoms with van der Waals surface area (Å²) in [6, 6.07) is 0. The Morgan fingerprint density at radius 3 is 2.57 bits per heavy atom. The van der Waals surface area contributed by atoms with Crippen LogP contribution in [0.2, 0.25) is 0 Å². The summed E-state index contributed by atoms with van der Waals surface area (Å²) in [5, 5.41) is 2.58. The molecule has 4 nitrogen and oxygen atoms in total. The summed E-state index contributed by atoms with van der Waals surface area (Å²) in [5.41, 5.74) is 4.91. The first kappa shape index (κ1) is 11.0. The summed E-state index contributed by atoms with van der Waals surface area (Å²) in [6.07, 6.45) is 2.56. The predicted molar refractivity (Wildman–Crippen MR) is 56.9 cm³/mol. The van der Waals surface area contributed by atoms with E-state index < -0.39 is 5.54 Å². The Hall–Kier alpha value is -1.06. The molecule has 2 atom stereocenters. The molecule has 14 heavy (non-hydrogen) atoms. The van der Waals surface area contributed by atoms with Crippen LogP contribution in [0.15, 0.2) is 4.99 Å². The van der Waals surface area contributed by atoms with E-state index in [9.17, 15) is 4.79 Å². The number of rotatable bonds is 4. The molecule has 0 spiro atoms. The molecule has 0 aromatic heterocycles. The van der Waals surface area contributed by atoms with Gasteiger partial charge >= 0.3 is 0 Å². The third-order valence-corrected chi connectivity index (χ3v) is 2.97. The van der Waals surface area contributed by atoms with Crippen molar-refractivity contribution >= 4 is 11.9 Å². The molecule has 4 heteroatoms. The number of nitrogens with two attached hydrogens (primary N) is 1. The Labute approximate surface area is 85.0 Å². The van der Waals surface area contributed by atoms with Gasteiger partial charge in [0.2, 0.25) is 0 Å². The van der Waals surface area contributed by atoms with E-state index in [1.54, 1.807) is 0 Å². The molecule has 0 radical (unpaired) electrons. The van der Waals surface area contributed by atoms with Crippen molar-refractivity contribution in [3.05, 3.63) is 0 Å². The topological polar surface area (TPSA) is 67.5 Å². The molecule has 2 unspecified atom stereocenters. The summed E-state index contributed by atoms with van der Waals surface area (Å²) < 4.78 is 0. The van der Waals surface area contributed by atoms with E-state index in [4.69, 9.17) is 5.73 Å². The summed E-state index contributed by atoms with van der Waals surface area (Å²) in [5.74, 6) is 0.716. The van der Waals surface area contributed by atoms with Gasteiger partial charge in [0.15, 0.2) is 5.96 Å². The molecule has 0 fully saturated rings. The monoisotopic (exact) mass is 197 g/mol. The number of hydrogen-bond acceptors (Lipinski definition) is 3. The molecule has 1 rings (SSSR count). The van der Waals surface area contributed by atoms with Crippen molar-refractivity contribution in [1.82, 2.24) is 5.32 Å². The normalized spacial score (nSPS) is 28.5. The lowest BCUT2D eigenvalue weighted by atomic mass is 9.85. The van der Waals surface area contributed by atoms with Crippen molar-refractivity contribution in [2.24, 2.45) is 16.6 Å². The van der Waals surface area contributed by atoms with Gasteiger partial charge in [-0.1, -0.05) is 27.2 Å². The van der Waals surface area contributed by atoms with Gasteiger partial charge in [0.05, 0.1) is 0 Å². The minimum absolute atomic E-state index is 0.0437. The largest absolute Gasteiger partial charge is 0.370 e. The van der Waals surface area contributed by atoms with E-state index in [2.05, 4.69) is 24.2 Å². The number of guanidine groups is 1. The van der Waals surface area contributed by atoms with E-state index in [0.717, 1.165) is 12.8 Å². The third-order valence-electron chi connectivity index (χ3n) is 2.97. The summed E-state index contributed by atoms with van der Waals surface area (Å²) >= 11 is 0. The number of nitrogens with zero attached hydrogens (tertiary/aromatic N) is 1. The number of amides is 1. The summed E-state index contributed by atoms with van der Waals surface area (Å²) in [4.78, 5) is 15.9. The van der Waals surface area contributed by atoms with Crippen molar-refractivity contribution in [3.8, 4) is 0 Å². The van der Waals surface area contributed by atoms with Crippen LogP contribution in [0.1, 0.15) is 40.0 Å². The van der Waals surface area contributed by atoms with Crippen LogP contribution in [0.5, 0.6) is 0 Å². The SMILES string of the molecule is CCC(C)CC1(CC)N=C(N)NC1=O. The van der Waals surface area contributed by atoms with Gasteiger partial charge in [-0.15, -0.1) is 0 Å². The van der Waals surface area contributed by atoms with Crippen molar-refractivity contribution in [2.75, 3.05) is 0 Å². The highest BCUT2D eigenvalue weighted by atomic mass is 16.2. The molecule has 0 saturated heterocycles. The van der Waals surface area contributed by atoms with Crippen molar-refractivity contribution < 1.29 is 4.79 Å². The highest BCUT2D eigenvalue weighted by Crippen LogP contribution is 2.29. The van der Waals surface area contributed by atoms with Crippen molar-refractivity contribution in [2.45, 2.75) is 45.6 Å². The zero-order chi connectivity index (χ0) is 10.8. The fourth-order valence-electron chi connectivity index (χ4n) is 1.79. The van der Waals surface area contributed by atoms with Gasteiger partial charge in [-0.25, -0.2) is 4.99 Å². The molecule has 1 amide bonds. The smallest absolute Gasteiger partial charge is 0.254 e. The zero-order valence-corrected chi connectivity index (χ0v) is 9.13. The van der Waals surface area contributed by atoms with E-state index in [1.807, 2.05) is 6.92 Å². The first-order valence-electron chi connectivity index (χ1n) is 5.21. The van der Waals surface area contributed by atoms with Gasteiger partial charge in [-0.05, 0) is 18.8 Å². The lowest BCUT2D eigenvalue weighted by Crippen LogP contribution is -2.41. The van der Waals surface area contributed by atoms with Gasteiger partial charge in [-0.3, -0.25) is 10.1 Å². The molecular formula is C10H19N3O. The molecule has 0 aliphatic carbocycles. The number of hydrogen-bond donors (Lipinski definition) is 2. The maximum atomic E-state index is 11.7. The van der Waals surface area contributed by atoms with Crippen LogP contribution in [-0.4, -0.2) is 17.4 Å². The molecular weight excluding hydrogens is 178 g/mol. The number of carbonyl (C=O) groups is 1. The van der Waals surface area contributed by atoms with E-state index in [0.29, 0.717) is 12.3 Å². The highest BCUT2D eigenvalue weighted by Gasteiger charge is 2.41. The fourth-order valence-corrected chi connectivity index (χ4v) is 1.79. The first-order valence-corrected chi connectivity index (χ1v) is 5.21. The second-order valence-corrected chi connectivity index (χ2v) is 4.05. The number of aliphatic imine (C=N–C) groups is 1. The number of nitrogens with one attached hydrogen (secondary N) is 1. The van der Waals surface area contributed by atoms with Gasteiger partial charge in [-0.2, -0.15) is 0 Å². The molecule has 1 aliphatic rings. The first-order chi connectivity index (χ1) is 6.54. The second kappa shape index (κ2) is 3.98. The molecule has 0 saturated carbocycles. The average molecular weight is 197 g/mol. The Balaban J connectivity index is 2.81. The Kier molecular flexibility index (Phi) is 3.13.